The standard InChI is InChI=1S/C22H22N6OS2/c1-14(2)20-25-26-21(31-20)23-18(29)13-30-22-27-24-19(16-7-5-4-6-8-16)28(22)17-11-9-15(3)10-12-17/h4-12,14H,13H2,1-3H3,(H,23,26,29). The van der Waals surface area contributed by atoms with Gasteiger partial charge in [0.05, 0.1) is 5.75 Å². The molecule has 0 aliphatic heterocycles. The second kappa shape index (κ2) is 9.40. The molecule has 0 saturated carbocycles. The van der Waals surface area contributed by atoms with Crippen molar-refractivity contribution in [3.05, 3.63) is 65.2 Å². The monoisotopic (exact) mass is 450 g/mol. The summed E-state index contributed by atoms with van der Waals surface area (Å²) in [5, 5.41) is 21.8. The van der Waals surface area contributed by atoms with E-state index in [1.807, 2.05) is 79.9 Å². The van der Waals surface area contributed by atoms with Gasteiger partial charge in [-0.3, -0.25) is 14.7 Å². The third-order valence-corrected chi connectivity index (χ3v) is 6.54. The third kappa shape index (κ3) is 5.00. The summed E-state index contributed by atoms with van der Waals surface area (Å²) in [6.45, 7) is 6.14. The van der Waals surface area contributed by atoms with Gasteiger partial charge in [-0.15, -0.1) is 20.4 Å². The maximum atomic E-state index is 12.5. The minimum Gasteiger partial charge on any atom is -0.300 e. The summed E-state index contributed by atoms with van der Waals surface area (Å²) in [4.78, 5) is 12.5. The molecule has 0 spiro atoms. The number of hydrogen-bond donors (Lipinski definition) is 1. The van der Waals surface area contributed by atoms with Gasteiger partial charge in [-0.05, 0) is 19.1 Å². The number of benzene rings is 2. The van der Waals surface area contributed by atoms with Gasteiger partial charge in [0.2, 0.25) is 11.0 Å². The Hall–Kier alpha value is -3.04. The van der Waals surface area contributed by atoms with Crippen LogP contribution in [-0.4, -0.2) is 36.6 Å². The predicted octanol–water partition coefficient (Wildman–Crippen LogP) is 4.95. The van der Waals surface area contributed by atoms with Crippen LogP contribution in [0.25, 0.3) is 17.1 Å². The van der Waals surface area contributed by atoms with Crippen LogP contribution in [0.2, 0.25) is 0 Å². The van der Waals surface area contributed by atoms with E-state index in [9.17, 15) is 4.79 Å². The highest BCUT2D eigenvalue weighted by atomic mass is 32.2. The molecule has 1 N–H and O–H groups in total. The molecule has 0 unspecified atom stereocenters. The van der Waals surface area contributed by atoms with E-state index in [-0.39, 0.29) is 17.6 Å². The fourth-order valence-corrected chi connectivity index (χ4v) is 4.38. The third-order valence-electron chi connectivity index (χ3n) is 4.47. The van der Waals surface area contributed by atoms with Crippen LogP contribution in [0.1, 0.15) is 30.3 Å². The van der Waals surface area contributed by atoms with Gasteiger partial charge in [0.1, 0.15) is 5.01 Å². The highest BCUT2D eigenvalue weighted by Gasteiger charge is 2.18. The molecule has 4 aromatic rings. The first-order valence-electron chi connectivity index (χ1n) is 9.85. The molecule has 2 aromatic heterocycles. The lowest BCUT2D eigenvalue weighted by Gasteiger charge is -2.10. The minimum atomic E-state index is -0.156. The van der Waals surface area contributed by atoms with Crippen LogP contribution in [0, 0.1) is 6.92 Å². The second-order valence-corrected chi connectivity index (χ2v) is 9.23. The van der Waals surface area contributed by atoms with E-state index in [1.165, 1.54) is 28.7 Å². The topological polar surface area (TPSA) is 85.6 Å². The zero-order valence-corrected chi connectivity index (χ0v) is 19.1. The number of aromatic nitrogens is 5. The Morgan fingerprint density at radius 2 is 1.77 bits per heavy atom. The Morgan fingerprint density at radius 3 is 2.45 bits per heavy atom. The SMILES string of the molecule is Cc1ccc(-n2c(SCC(=O)Nc3nnc(C(C)C)s3)nnc2-c2ccccc2)cc1. The molecule has 2 heterocycles. The summed E-state index contributed by atoms with van der Waals surface area (Å²) in [5.41, 5.74) is 3.08. The Kier molecular flexibility index (Phi) is 6.43. The highest BCUT2D eigenvalue weighted by Crippen LogP contribution is 2.28. The Balaban J connectivity index is 1.55. The first kappa shape index (κ1) is 21.2. The van der Waals surface area contributed by atoms with Crippen LogP contribution in [0.3, 0.4) is 0 Å². The van der Waals surface area contributed by atoms with Crippen molar-refractivity contribution >= 4 is 34.1 Å². The molecule has 0 bridgehead atoms. The molecule has 0 saturated heterocycles. The van der Waals surface area contributed by atoms with Gasteiger partial charge in [-0.25, -0.2) is 0 Å². The number of amides is 1. The summed E-state index contributed by atoms with van der Waals surface area (Å²) in [6.07, 6.45) is 0. The molecule has 0 aliphatic carbocycles. The lowest BCUT2D eigenvalue weighted by molar-refractivity contribution is -0.113. The van der Waals surface area contributed by atoms with E-state index < -0.39 is 0 Å². The Bertz CT molecular complexity index is 1170. The average molecular weight is 451 g/mol. The van der Waals surface area contributed by atoms with Gasteiger partial charge >= 0.3 is 0 Å². The number of nitrogens with zero attached hydrogens (tertiary/aromatic N) is 5. The van der Waals surface area contributed by atoms with Crippen molar-refractivity contribution in [3.63, 3.8) is 0 Å². The normalized spacial score (nSPS) is 11.1. The molecule has 4 rings (SSSR count). The quantitative estimate of drug-likeness (QED) is 0.401. The molecule has 9 heteroatoms. The zero-order valence-electron chi connectivity index (χ0n) is 17.4. The fourth-order valence-electron chi connectivity index (χ4n) is 2.87. The molecular formula is C22H22N6OS2. The van der Waals surface area contributed by atoms with Gasteiger partial charge in [-0.1, -0.05) is 85.0 Å². The largest absolute Gasteiger partial charge is 0.300 e. The van der Waals surface area contributed by atoms with E-state index >= 15 is 0 Å². The molecule has 0 atom stereocenters. The molecule has 0 radical (unpaired) electrons. The number of anilines is 1. The van der Waals surface area contributed by atoms with Crippen molar-refractivity contribution in [1.29, 1.82) is 0 Å². The molecule has 0 fully saturated rings. The molecule has 7 nitrogen and oxygen atoms in total. The number of aryl methyl sites for hydroxylation is 1. The maximum absolute atomic E-state index is 12.5. The number of carbonyl (C=O) groups is 1. The van der Waals surface area contributed by atoms with Crippen LogP contribution in [-0.2, 0) is 4.79 Å². The highest BCUT2D eigenvalue weighted by molar-refractivity contribution is 7.99. The van der Waals surface area contributed by atoms with E-state index in [1.54, 1.807) is 0 Å². The van der Waals surface area contributed by atoms with Crippen molar-refractivity contribution in [3.8, 4) is 17.1 Å². The van der Waals surface area contributed by atoms with Gasteiger partial charge in [0.15, 0.2) is 11.0 Å². The lowest BCUT2D eigenvalue weighted by atomic mass is 10.2. The van der Waals surface area contributed by atoms with E-state index in [4.69, 9.17) is 0 Å². The van der Waals surface area contributed by atoms with Crippen molar-refractivity contribution in [2.75, 3.05) is 11.1 Å². The van der Waals surface area contributed by atoms with E-state index in [2.05, 4.69) is 25.7 Å². The predicted molar refractivity (Wildman–Crippen MR) is 125 cm³/mol. The zero-order chi connectivity index (χ0) is 21.8. The number of rotatable bonds is 7. The van der Waals surface area contributed by atoms with Crippen LogP contribution in [0.15, 0.2) is 59.8 Å². The van der Waals surface area contributed by atoms with Gasteiger partial charge in [-0.2, -0.15) is 0 Å². The number of nitrogens with one attached hydrogen (secondary N) is 1. The Morgan fingerprint density at radius 1 is 1.03 bits per heavy atom. The molecule has 0 aliphatic rings. The smallest absolute Gasteiger partial charge is 0.236 e. The first-order valence-corrected chi connectivity index (χ1v) is 11.7. The van der Waals surface area contributed by atoms with Crippen molar-refractivity contribution in [2.45, 2.75) is 31.8 Å². The van der Waals surface area contributed by atoms with Crippen molar-refractivity contribution < 1.29 is 4.79 Å². The fraction of sp³-hybridized carbons (Fsp3) is 0.227. The summed E-state index contributed by atoms with van der Waals surface area (Å²) < 4.78 is 1.98. The molecule has 1 amide bonds. The number of thioether (sulfide) groups is 1. The van der Waals surface area contributed by atoms with Crippen LogP contribution in [0.4, 0.5) is 5.13 Å². The lowest BCUT2D eigenvalue weighted by Crippen LogP contribution is -2.14. The van der Waals surface area contributed by atoms with Crippen LogP contribution >= 0.6 is 23.1 Å². The summed E-state index contributed by atoms with van der Waals surface area (Å²) in [6, 6.07) is 18.1. The summed E-state index contributed by atoms with van der Waals surface area (Å²) in [7, 11) is 0. The minimum absolute atomic E-state index is 0.156. The molecular weight excluding hydrogens is 428 g/mol. The van der Waals surface area contributed by atoms with Crippen molar-refractivity contribution in [2.24, 2.45) is 0 Å². The maximum Gasteiger partial charge on any atom is 0.236 e. The molecule has 31 heavy (non-hydrogen) atoms. The van der Waals surface area contributed by atoms with E-state index in [0.29, 0.717) is 10.3 Å². The molecule has 158 valence electrons. The van der Waals surface area contributed by atoms with E-state index in [0.717, 1.165) is 22.1 Å². The number of hydrogen-bond acceptors (Lipinski definition) is 7. The first-order chi connectivity index (χ1) is 15.0. The average Bonchev–Trinajstić information content (AvgIpc) is 3.41. The van der Waals surface area contributed by atoms with Crippen LogP contribution < -0.4 is 5.32 Å². The van der Waals surface area contributed by atoms with Crippen molar-refractivity contribution in [1.82, 2.24) is 25.0 Å². The van der Waals surface area contributed by atoms with Crippen LogP contribution in [0.5, 0.6) is 0 Å². The second-order valence-electron chi connectivity index (χ2n) is 7.28. The van der Waals surface area contributed by atoms with Gasteiger partial charge in [0, 0.05) is 17.2 Å². The Labute approximate surface area is 189 Å². The molecule has 2 aromatic carbocycles. The van der Waals surface area contributed by atoms with Gasteiger partial charge in [0.25, 0.3) is 0 Å². The van der Waals surface area contributed by atoms with Gasteiger partial charge < -0.3 is 0 Å². The summed E-state index contributed by atoms with van der Waals surface area (Å²) >= 11 is 2.73. The summed E-state index contributed by atoms with van der Waals surface area (Å²) in [5.74, 6) is 1.05. The number of carbonyl (C=O) groups excluding carboxylic acids is 1.